The maximum Gasteiger partial charge on any atom is 0.313 e. The van der Waals surface area contributed by atoms with Crippen molar-refractivity contribution in [1.29, 1.82) is 0 Å². The fourth-order valence-electron chi connectivity index (χ4n) is 2.34. The SMILES string of the molecule is Nc1nnc(-c2cccc(-c3nc(-c4ccccc4F)cs3)c2)o1. The molecule has 0 aliphatic rings. The number of nitrogens with zero attached hydrogens (tertiary/aromatic N) is 3. The highest BCUT2D eigenvalue weighted by atomic mass is 32.1. The van der Waals surface area contributed by atoms with E-state index in [1.54, 1.807) is 18.2 Å². The predicted molar refractivity (Wildman–Crippen MR) is 90.6 cm³/mol. The lowest BCUT2D eigenvalue weighted by Gasteiger charge is -2.00. The first-order chi connectivity index (χ1) is 11.7. The van der Waals surface area contributed by atoms with E-state index in [9.17, 15) is 4.39 Å². The zero-order chi connectivity index (χ0) is 16.5. The molecule has 0 saturated heterocycles. The van der Waals surface area contributed by atoms with Gasteiger partial charge in [0.2, 0.25) is 5.89 Å². The number of rotatable bonds is 3. The fraction of sp³-hybridized carbons (Fsp3) is 0. The number of thiazole rings is 1. The van der Waals surface area contributed by atoms with Crippen LogP contribution in [0.3, 0.4) is 0 Å². The van der Waals surface area contributed by atoms with E-state index in [0.717, 1.165) is 16.1 Å². The van der Waals surface area contributed by atoms with E-state index in [4.69, 9.17) is 10.2 Å². The van der Waals surface area contributed by atoms with Crippen molar-refractivity contribution < 1.29 is 8.81 Å². The number of halogens is 1. The van der Waals surface area contributed by atoms with E-state index in [1.165, 1.54) is 17.4 Å². The topological polar surface area (TPSA) is 77.8 Å². The summed E-state index contributed by atoms with van der Waals surface area (Å²) in [4.78, 5) is 4.54. The standard InChI is InChI=1S/C17H11FN4OS/c18-13-7-2-1-6-12(13)14-9-24-16(20-14)11-5-3-4-10(8-11)15-21-22-17(19)23-15/h1-9H,(H2,19,22). The van der Waals surface area contributed by atoms with Crippen LogP contribution >= 0.6 is 11.3 Å². The number of nitrogen functional groups attached to an aromatic ring is 1. The Bertz CT molecular complexity index is 1010. The van der Waals surface area contributed by atoms with Crippen molar-refractivity contribution in [1.82, 2.24) is 15.2 Å². The molecule has 5 nitrogen and oxygen atoms in total. The molecule has 0 atom stereocenters. The van der Waals surface area contributed by atoms with Crippen LogP contribution in [0, 0.1) is 5.82 Å². The third-order valence-electron chi connectivity index (χ3n) is 3.45. The largest absolute Gasteiger partial charge is 0.404 e. The summed E-state index contributed by atoms with van der Waals surface area (Å²) in [5, 5.41) is 10.2. The Morgan fingerprint density at radius 3 is 2.62 bits per heavy atom. The summed E-state index contributed by atoms with van der Waals surface area (Å²) in [5.74, 6) is 0.0599. The van der Waals surface area contributed by atoms with Gasteiger partial charge in [-0.3, -0.25) is 0 Å². The molecule has 0 amide bonds. The highest BCUT2D eigenvalue weighted by molar-refractivity contribution is 7.13. The number of anilines is 1. The molecular formula is C17H11FN4OS. The van der Waals surface area contributed by atoms with Crippen molar-refractivity contribution in [3.8, 4) is 33.3 Å². The molecule has 2 aromatic carbocycles. The van der Waals surface area contributed by atoms with Crippen molar-refractivity contribution in [3.05, 3.63) is 59.7 Å². The molecule has 0 aliphatic heterocycles. The van der Waals surface area contributed by atoms with Crippen molar-refractivity contribution in [3.63, 3.8) is 0 Å². The maximum absolute atomic E-state index is 13.9. The van der Waals surface area contributed by atoms with Gasteiger partial charge in [-0.2, -0.15) is 0 Å². The first kappa shape index (κ1) is 14.5. The number of hydrogen-bond donors (Lipinski definition) is 1. The van der Waals surface area contributed by atoms with Crippen LogP contribution in [0.25, 0.3) is 33.3 Å². The zero-order valence-electron chi connectivity index (χ0n) is 12.3. The quantitative estimate of drug-likeness (QED) is 0.604. The van der Waals surface area contributed by atoms with Crippen LogP contribution in [0.5, 0.6) is 0 Å². The Labute approximate surface area is 140 Å². The Hall–Kier alpha value is -3.06. The van der Waals surface area contributed by atoms with Gasteiger partial charge < -0.3 is 10.2 Å². The lowest BCUT2D eigenvalue weighted by molar-refractivity contribution is 0.590. The average molecular weight is 338 g/mol. The van der Waals surface area contributed by atoms with Crippen molar-refractivity contribution in [2.24, 2.45) is 0 Å². The molecule has 7 heteroatoms. The Morgan fingerprint density at radius 2 is 1.83 bits per heavy atom. The van der Waals surface area contributed by atoms with Crippen LogP contribution in [0.4, 0.5) is 10.4 Å². The van der Waals surface area contributed by atoms with Gasteiger partial charge in [0, 0.05) is 22.1 Å². The second-order valence-corrected chi connectivity index (χ2v) is 5.90. The smallest absolute Gasteiger partial charge is 0.313 e. The van der Waals surface area contributed by atoms with Gasteiger partial charge in [0.15, 0.2) is 0 Å². The molecule has 0 saturated carbocycles. The van der Waals surface area contributed by atoms with Crippen LogP contribution in [-0.2, 0) is 0 Å². The minimum absolute atomic E-state index is 0.0199. The summed E-state index contributed by atoms with van der Waals surface area (Å²) < 4.78 is 19.1. The number of benzene rings is 2. The van der Waals surface area contributed by atoms with Gasteiger partial charge >= 0.3 is 6.01 Å². The van der Waals surface area contributed by atoms with Gasteiger partial charge in [-0.25, -0.2) is 9.37 Å². The minimum Gasteiger partial charge on any atom is -0.404 e. The average Bonchev–Trinajstić information content (AvgIpc) is 3.25. The molecule has 0 radical (unpaired) electrons. The number of hydrogen-bond acceptors (Lipinski definition) is 6. The van der Waals surface area contributed by atoms with Crippen molar-refractivity contribution in [2.75, 3.05) is 5.73 Å². The Balaban J connectivity index is 1.72. The molecule has 24 heavy (non-hydrogen) atoms. The van der Waals surface area contributed by atoms with E-state index < -0.39 is 0 Å². The van der Waals surface area contributed by atoms with Crippen molar-refractivity contribution in [2.45, 2.75) is 0 Å². The molecule has 0 spiro atoms. The monoisotopic (exact) mass is 338 g/mol. The lowest BCUT2D eigenvalue weighted by Crippen LogP contribution is -1.84. The van der Waals surface area contributed by atoms with Crippen molar-refractivity contribution >= 4 is 17.4 Å². The van der Waals surface area contributed by atoms with Gasteiger partial charge in [-0.1, -0.05) is 29.4 Å². The molecule has 118 valence electrons. The Kier molecular flexibility index (Phi) is 3.55. The predicted octanol–water partition coefficient (Wildman–Crippen LogP) is 4.25. The summed E-state index contributed by atoms with van der Waals surface area (Å²) in [6.45, 7) is 0. The normalized spacial score (nSPS) is 10.9. The van der Waals surface area contributed by atoms with E-state index in [-0.39, 0.29) is 11.8 Å². The molecule has 0 aliphatic carbocycles. The summed E-state index contributed by atoms with van der Waals surface area (Å²) >= 11 is 1.45. The Morgan fingerprint density at radius 1 is 1.00 bits per heavy atom. The first-order valence-electron chi connectivity index (χ1n) is 7.11. The summed E-state index contributed by atoms with van der Waals surface area (Å²) in [6, 6.07) is 14.1. The highest BCUT2D eigenvalue weighted by Crippen LogP contribution is 2.32. The lowest BCUT2D eigenvalue weighted by atomic mass is 10.1. The fourth-order valence-corrected chi connectivity index (χ4v) is 3.15. The second-order valence-electron chi connectivity index (χ2n) is 5.04. The molecular weight excluding hydrogens is 327 g/mol. The first-order valence-corrected chi connectivity index (χ1v) is 7.99. The number of nitrogens with two attached hydrogens (primary N) is 1. The molecule has 4 aromatic rings. The third kappa shape index (κ3) is 2.65. The van der Waals surface area contributed by atoms with Gasteiger partial charge in [0.25, 0.3) is 0 Å². The molecule has 0 fully saturated rings. The van der Waals surface area contributed by atoms with Gasteiger partial charge in [-0.05, 0) is 24.3 Å². The zero-order valence-corrected chi connectivity index (χ0v) is 13.1. The van der Waals surface area contributed by atoms with E-state index in [0.29, 0.717) is 17.1 Å². The summed E-state index contributed by atoms with van der Waals surface area (Å²) in [7, 11) is 0. The molecule has 4 rings (SSSR count). The van der Waals surface area contributed by atoms with Crippen LogP contribution in [0.2, 0.25) is 0 Å². The minimum atomic E-state index is -0.288. The molecule has 2 heterocycles. The molecule has 2 N–H and O–H groups in total. The van der Waals surface area contributed by atoms with Crippen LogP contribution < -0.4 is 5.73 Å². The second kappa shape index (κ2) is 5.86. The maximum atomic E-state index is 13.9. The molecule has 0 bridgehead atoms. The van der Waals surface area contributed by atoms with Gasteiger partial charge in [0.1, 0.15) is 10.8 Å². The number of aromatic nitrogens is 3. The van der Waals surface area contributed by atoms with E-state index in [2.05, 4.69) is 15.2 Å². The van der Waals surface area contributed by atoms with Crippen LogP contribution in [0.1, 0.15) is 0 Å². The van der Waals surface area contributed by atoms with Gasteiger partial charge in [0.05, 0.1) is 5.69 Å². The summed E-state index contributed by atoms with van der Waals surface area (Å²) in [6.07, 6.45) is 0. The third-order valence-corrected chi connectivity index (χ3v) is 4.34. The van der Waals surface area contributed by atoms with Crippen LogP contribution in [0.15, 0.2) is 58.3 Å². The molecule has 0 unspecified atom stereocenters. The van der Waals surface area contributed by atoms with Gasteiger partial charge in [-0.15, -0.1) is 16.4 Å². The van der Waals surface area contributed by atoms with E-state index in [1.807, 2.05) is 29.6 Å². The highest BCUT2D eigenvalue weighted by Gasteiger charge is 2.12. The summed E-state index contributed by atoms with van der Waals surface area (Å²) in [5.41, 5.74) is 8.19. The van der Waals surface area contributed by atoms with E-state index >= 15 is 0 Å². The molecule has 2 aromatic heterocycles. The van der Waals surface area contributed by atoms with Crippen LogP contribution in [-0.4, -0.2) is 15.2 Å².